The van der Waals surface area contributed by atoms with Crippen LogP contribution in [0.5, 0.6) is 11.5 Å². The van der Waals surface area contributed by atoms with Crippen molar-refractivity contribution in [2.75, 3.05) is 52.8 Å². The predicted octanol–water partition coefficient (Wildman–Crippen LogP) is 1.96. The Balaban J connectivity index is 1.84. The van der Waals surface area contributed by atoms with E-state index in [4.69, 9.17) is 9.47 Å². The molecule has 6 nitrogen and oxygen atoms in total. The molecule has 134 valence electrons. The van der Waals surface area contributed by atoms with Crippen molar-refractivity contribution in [3.63, 3.8) is 0 Å². The summed E-state index contributed by atoms with van der Waals surface area (Å²) in [6, 6.07) is 5.38. The zero-order valence-electron chi connectivity index (χ0n) is 14.9. The number of rotatable bonds is 8. The van der Waals surface area contributed by atoms with Crippen LogP contribution in [0.25, 0.3) is 0 Å². The van der Waals surface area contributed by atoms with Gasteiger partial charge < -0.3 is 20.1 Å². The summed E-state index contributed by atoms with van der Waals surface area (Å²) in [5.41, 5.74) is 0.644. The highest BCUT2D eigenvalue weighted by atomic mass is 16.5. The van der Waals surface area contributed by atoms with Gasteiger partial charge in [-0.25, -0.2) is 0 Å². The molecule has 2 N–H and O–H groups in total. The van der Waals surface area contributed by atoms with Crippen molar-refractivity contribution < 1.29 is 14.3 Å². The summed E-state index contributed by atoms with van der Waals surface area (Å²) in [7, 11) is 5.19. The Kier molecular flexibility index (Phi) is 7.34. The Morgan fingerprint density at radius 1 is 1.25 bits per heavy atom. The number of nitrogens with one attached hydrogen (secondary N) is 2. The molecule has 0 bridgehead atoms. The number of hydrogen-bond donors (Lipinski definition) is 2. The van der Waals surface area contributed by atoms with Crippen LogP contribution in [-0.4, -0.2) is 58.3 Å². The molecular formula is C18H29N3O3. The van der Waals surface area contributed by atoms with E-state index in [0.29, 0.717) is 23.7 Å². The van der Waals surface area contributed by atoms with Crippen LogP contribution in [0.1, 0.15) is 19.3 Å². The maximum atomic E-state index is 12.3. The van der Waals surface area contributed by atoms with Crippen molar-refractivity contribution in [3.8, 4) is 11.5 Å². The summed E-state index contributed by atoms with van der Waals surface area (Å²) in [5, 5.41) is 6.14. The van der Waals surface area contributed by atoms with E-state index >= 15 is 0 Å². The molecule has 1 saturated heterocycles. The van der Waals surface area contributed by atoms with Crippen LogP contribution in [0.4, 0.5) is 5.69 Å². The van der Waals surface area contributed by atoms with Gasteiger partial charge in [-0.1, -0.05) is 0 Å². The number of carbonyl (C=O) groups excluding carboxylic acids is 1. The lowest BCUT2D eigenvalue weighted by Gasteiger charge is -2.31. The highest BCUT2D eigenvalue weighted by Crippen LogP contribution is 2.29. The number of ether oxygens (including phenoxy) is 2. The molecule has 1 fully saturated rings. The highest BCUT2D eigenvalue weighted by Gasteiger charge is 2.21. The van der Waals surface area contributed by atoms with Gasteiger partial charge in [0.05, 0.1) is 26.5 Å². The molecule has 6 heteroatoms. The number of amides is 1. The number of benzene rings is 1. The first-order valence-corrected chi connectivity index (χ1v) is 8.55. The number of piperidine rings is 1. The fourth-order valence-corrected chi connectivity index (χ4v) is 3.09. The molecule has 0 aromatic heterocycles. The van der Waals surface area contributed by atoms with Gasteiger partial charge in [0.1, 0.15) is 11.5 Å². The Bertz CT molecular complexity index is 528. The molecule has 0 aliphatic carbocycles. The minimum Gasteiger partial charge on any atom is -0.497 e. The standard InChI is InChI=1S/C18H29N3O3/c1-19-9-6-14-7-10-21(11-8-14)13-18(22)20-16-12-15(23-2)4-5-17(16)24-3/h4-5,12,14,19H,6-11,13H2,1-3H3,(H,20,22). The van der Waals surface area contributed by atoms with E-state index in [1.807, 2.05) is 13.1 Å². The maximum absolute atomic E-state index is 12.3. The van der Waals surface area contributed by atoms with Crippen LogP contribution in [0.2, 0.25) is 0 Å². The first kappa shape index (κ1) is 18.5. The Labute approximate surface area is 144 Å². The van der Waals surface area contributed by atoms with Crippen molar-refractivity contribution in [1.29, 1.82) is 0 Å². The second-order valence-electron chi connectivity index (χ2n) is 6.23. The van der Waals surface area contributed by atoms with Crippen LogP contribution in [0.15, 0.2) is 18.2 Å². The topological polar surface area (TPSA) is 62.8 Å². The van der Waals surface area contributed by atoms with Gasteiger partial charge in [-0.15, -0.1) is 0 Å². The fourth-order valence-electron chi connectivity index (χ4n) is 3.09. The number of likely N-dealkylation sites (tertiary alicyclic amines) is 1. The van der Waals surface area contributed by atoms with Crippen molar-refractivity contribution in [3.05, 3.63) is 18.2 Å². The number of methoxy groups -OCH3 is 2. The third kappa shape index (κ3) is 5.39. The average Bonchev–Trinajstić information content (AvgIpc) is 2.61. The lowest BCUT2D eigenvalue weighted by atomic mass is 9.93. The molecule has 1 heterocycles. The van der Waals surface area contributed by atoms with Crippen molar-refractivity contribution in [1.82, 2.24) is 10.2 Å². The zero-order chi connectivity index (χ0) is 17.4. The molecule has 0 atom stereocenters. The molecule has 0 spiro atoms. The van der Waals surface area contributed by atoms with E-state index in [1.54, 1.807) is 26.4 Å². The van der Waals surface area contributed by atoms with Crippen molar-refractivity contribution in [2.45, 2.75) is 19.3 Å². The Morgan fingerprint density at radius 3 is 2.62 bits per heavy atom. The molecule has 1 aliphatic rings. The SMILES string of the molecule is CNCCC1CCN(CC(=O)Nc2cc(OC)ccc2OC)CC1. The maximum Gasteiger partial charge on any atom is 0.238 e. The van der Waals surface area contributed by atoms with Crippen LogP contribution >= 0.6 is 0 Å². The van der Waals surface area contributed by atoms with Gasteiger partial charge in [0.2, 0.25) is 5.91 Å². The van der Waals surface area contributed by atoms with Gasteiger partial charge in [0.15, 0.2) is 0 Å². The second kappa shape index (κ2) is 9.49. The van der Waals surface area contributed by atoms with E-state index in [2.05, 4.69) is 15.5 Å². The molecule has 1 aromatic rings. The van der Waals surface area contributed by atoms with Gasteiger partial charge >= 0.3 is 0 Å². The normalized spacial score (nSPS) is 16.0. The van der Waals surface area contributed by atoms with Crippen LogP contribution < -0.4 is 20.1 Å². The van der Waals surface area contributed by atoms with Crippen LogP contribution in [0.3, 0.4) is 0 Å². The molecule has 1 aliphatic heterocycles. The predicted molar refractivity (Wildman–Crippen MR) is 95.9 cm³/mol. The first-order chi connectivity index (χ1) is 11.7. The minimum atomic E-state index is -0.0183. The number of nitrogens with zero attached hydrogens (tertiary/aromatic N) is 1. The number of anilines is 1. The average molecular weight is 335 g/mol. The summed E-state index contributed by atoms with van der Waals surface area (Å²) >= 11 is 0. The minimum absolute atomic E-state index is 0.0183. The van der Waals surface area contributed by atoms with E-state index in [0.717, 1.165) is 38.4 Å². The summed E-state index contributed by atoms with van der Waals surface area (Å²) in [4.78, 5) is 14.6. The molecule has 1 amide bonds. The number of hydrogen-bond acceptors (Lipinski definition) is 5. The van der Waals surface area contributed by atoms with Gasteiger partial charge in [-0.3, -0.25) is 9.69 Å². The summed E-state index contributed by atoms with van der Waals surface area (Å²) < 4.78 is 10.5. The Hall–Kier alpha value is -1.79. The van der Waals surface area contributed by atoms with Crippen LogP contribution in [-0.2, 0) is 4.79 Å². The van der Waals surface area contributed by atoms with E-state index in [9.17, 15) is 4.79 Å². The quantitative estimate of drug-likeness (QED) is 0.760. The van der Waals surface area contributed by atoms with Gasteiger partial charge in [-0.2, -0.15) is 0 Å². The van der Waals surface area contributed by atoms with Gasteiger partial charge in [0.25, 0.3) is 0 Å². The lowest BCUT2D eigenvalue weighted by Crippen LogP contribution is -2.39. The van der Waals surface area contributed by atoms with Gasteiger partial charge in [0, 0.05) is 6.07 Å². The van der Waals surface area contributed by atoms with Crippen LogP contribution in [0, 0.1) is 5.92 Å². The Morgan fingerprint density at radius 2 is 2.00 bits per heavy atom. The molecule has 1 aromatic carbocycles. The molecule has 24 heavy (non-hydrogen) atoms. The highest BCUT2D eigenvalue weighted by molar-refractivity contribution is 5.94. The van der Waals surface area contributed by atoms with E-state index in [-0.39, 0.29) is 5.91 Å². The third-order valence-corrected chi connectivity index (χ3v) is 4.56. The summed E-state index contributed by atoms with van der Waals surface area (Å²) in [5.74, 6) is 2.08. The molecule has 0 unspecified atom stereocenters. The van der Waals surface area contributed by atoms with Gasteiger partial charge in [-0.05, 0) is 64.0 Å². The lowest BCUT2D eigenvalue weighted by molar-refractivity contribution is -0.117. The monoisotopic (exact) mass is 335 g/mol. The summed E-state index contributed by atoms with van der Waals surface area (Å²) in [6.45, 7) is 3.45. The summed E-state index contributed by atoms with van der Waals surface area (Å²) in [6.07, 6.45) is 3.55. The van der Waals surface area contributed by atoms with Crippen molar-refractivity contribution >= 4 is 11.6 Å². The first-order valence-electron chi connectivity index (χ1n) is 8.55. The zero-order valence-corrected chi connectivity index (χ0v) is 14.9. The molecule has 0 radical (unpaired) electrons. The second-order valence-corrected chi connectivity index (χ2v) is 6.23. The molecule has 0 saturated carbocycles. The largest absolute Gasteiger partial charge is 0.497 e. The van der Waals surface area contributed by atoms with E-state index in [1.165, 1.54) is 6.42 Å². The number of carbonyl (C=O) groups is 1. The fraction of sp³-hybridized carbons (Fsp3) is 0.611. The third-order valence-electron chi connectivity index (χ3n) is 4.56. The van der Waals surface area contributed by atoms with Crippen molar-refractivity contribution in [2.24, 2.45) is 5.92 Å². The van der Waals surface area contributed by atoms with E-state index < -0.39 is 0 Å². The smallest absolute Gasteiger partial charge is 0.238 e. The molecular weight excluding hydrogens is 306 g/mol. The molecule has 2 rings (SSSR count).